The summed E-state index contributed by atoms with van der Waals surface area (Å²) in [4.78, 5) is 13.6. The van der Waals surface area contributed by atoms with Crippen LogP contribution >= 0.6 is 0 Å². The lowest BCUT2D eigenvalue weighted by Gasteiger charge is -2.29. The molecule has 0 heterocycles. The maximum atomic E-state index is 12.4. The molecule has 0 spiro atoms. The van der Waals surface area contributed by atoms with Crippen LogP contribution in [0.5, 0.6) is 0 Å². The number of halogens is 3. The smallest absolute Gasteiger partial charge is 0.341 e. The number of amides is 1. The van der Waals surface area contributed by atoms with E-state index in [1.165, 1.54) is 17.0 Å². The molecule has 1 aromatic carbocycles. The third-order valence-corrected chi connectivity index (χ3v) is 3.02. The summed E-state index contributed by atoms with van der Waals surface area (Å²) in [5.74, 6) is -0.319. The molecule has 1 rings (SSSR count). The second-order valence-corrected chi connectivity index (χ2v) is 5.60. The maximum absolute atomic E-state index is 12.4. The largest absolute Gasteiger partial charge is 0.416 e. The summed E-state index contributed by atoms with van der Waals surface area (Å²) < 4.78 is 37.3. The van der Waals surface area contributed by atoms with E-state index in [0.717, 1.165) is 12.1 Å². The van der Waals surface area contributed by atoms with E-state index in [9.17, 15) is 18.0 Å². The van der Waals surface area contributed by atoms with E-state index >= 15 is 0 Å². The highest BCUT2D eigenvalue weighted by Crippen LogP contribution is 2.29. The number of hydrogen-bond donors (Lipinski definition) is 1. The van der Waals surface area contributed by atoms with Crippen molar-refractivity contribution in [3.05, 3.63) is 35.4 Å². The monoisotopic (exact) mass is 288 g/mol. The summed E-state index contributed by atoms with van der Waals surface area (Å²) in [6.07, 6.45) is -4.39. The first-order valence-corrected chi connectivity index (χ1v) is 6.19. The highest BCUT2D eigenvalue weighted by Gasteiger charge is 2.30. The second kappa shape index (κ2) is 5.83. The molecule has 0 atom stereocenters. The third kappa shape index (κ3) is 4.23. The van der Waals surface area contributed by atoms with Gasteiger partial charge in [0.05, 0.1) is 5.56 Å². The normalized spacial score (nSPS) is 12.3. The Hall–Kier alpha value is -1.56. The van der Waals surface area contributed by atoms with Gasteiger partial charge in [-0.05, 0) is 36.2 Å². The van der Waals surface area contributed by atoms with Gasteiger partial charge in [-0.15, -0.1) is 0 Å². The van der Waals surface area contributed by atoms with Crippen LogP contribution in [0.3, 0.4) is 0 Å². The zero-order chi connectivity index (χ0) is 15.6. The molecule has 3 nitrogen and oxygen atoms in total. The molecule has 0 bridgehead atoms. The first-order valence-electron chi connectivity index (χ1n) is 6.19. The molecule has 0 aromatic heterocycles. The number of carbonyl (C=O) groups is 1. The minimum atomic E-state index is -4.39. The molecule has 0 aliphatic carbocycles. The highest BCUT2D eigenvalue weighted by atomic mass is 19.4. The molecule has 0 aliphatic heterocycles. The first kappa shape index (κ1) is 16.5. The van der Waals surface area contributed by atoms with Crippen LogP contribution in [0.2, 0.25) is 0 Å². The van der Waals surface area contributed by atoms with Crippen molar-refractivity contribution < 1.29 is 18.0 Å². The van der Waals surface area contributed by atoms with E-state index in [1.807, 2.05) is 13.8 Å². The van der Waals surface area contributed by atoms with Gasteiger partial charge in [0.15, 0.2) is 0 Å². The molecule has 20 heavy (non-hydrogen) atoms. The van der Waals surface area contributed by atoms with E-state index in [4.69, 9.17) is 5.73 Å². The topological polar surface area (TPSA) is 46.3 Å². The summed E-state index contributed by atoms with van der Waals surface area (Å²) in [5, 5.41) is 0. The maximum Gasteiger partial charge on any atom is 0.416 e. The third-order valence-electron chi connectivity index (χ3n) is 3.02. The van der Waals surface area contributed by atoms with Gasteiger partial charge in [-0.1, -0.05) is 13.8 Å². The molecule has 0 radical (unpaired) electrons. The Morgan fingerprint density at radius 1 is 1.20 bits per heavy atom. The van der Waals surface area contributed by atoms with Gasteiger partial charge in [0.2, 0.25) is 0 Å². The van der Waals surface area contributed by atoms with E-state index in [-0.39, 0.29) is 16.9 Å². The highest BCUT2D eigenvalue weighted by molar-refractivity contribution is 5.94. The van der Waals surface area contributed by atoms with Gasteiger partial charge in [0, 0.05) is 19.2 Å². The number of nitrogens with zero attached hydrogens (tertiary/aromatic N) is 1. The van der Waals surface area contributed by atoms with Crippen molar-refractivity contribution in [1.82, 2.24) is 4.90 Å². The molecule has 2 N–H and O–H groups in total. The number of nitrogens with two attached hydrogens (primary N) is 1. The summed E-state index contributed by atoms with van der Waals surface area (Å²) >= 11 is 0. The number of hydrogen-bond acceptors (Lipinski definition) is 2. The Kier molecular flexibility index (Phi) is 4.81. The molecule has 0 aliphatic rings. The molecule has 0 saturated carbocycles. The lowest BCUT2D eigenvalue weighted by Crippen LogP contribution is -2.39. The molecule has 0 saturated heterocycles. The fraction of sp³-hybridized carbons (Fsp3) is 0.500. The minimum Gasteiger partial charge on any atom is -0.341 e. The van der Waals surface area contributed by atoms with E-state index in [2.05, 4.69) is 0 Å². The zero-order valence-electron chi connectivity index (χ0n) is 11.8. The number of benzene rings is 1. The molecule has 6 heteroatoms. The van der Waals surface area contributed by atoms with Crippen molar-refractivity contribution in [2.24, 2.45) is 11.1 Å². The average Bonchev–Trinajstić information content (AvgIpc) is 2.36. The summed E-state index contributed by atoms with van der Waals surface area (Å²) in [6, 6.07) is 4.21. The lowest BCUT2D eigenvalue weighted by atomic mass is 9.93. The Labute approximate surface area is 116 Å². The van der Waals surface area contributed by atoms with Crippen LogP contribution < -0.4 is 5.73 Å². The Morgan fingerprint density at radius 3 is 2.10 bits per heavy atom. The Balaban J connectivity index is 2.83. The molecule has 0 unspecified atom stereocenters. The SMILES string of the molecule is CN(CC(C)(C)CN)C(=O)c1ccc(C(F)(F)F)cc1. The van der Waals surface area contributed by atoms with Crippen LogP contribution in [0, 0.1) is 5.41 Å². The number of alkyl halides is 3. The van der Waals surface area contributed by atoms with Gasteiger partial charge in [0.1, 0.15) is 0 Å². The van der Waals surface area contributed by atoms with E-state index in [1.54, 1.807) is 7.05 Å². The van der Waals surface area contributed by atoms with Gasteiger partial charge >= 0.3 is 6.18 Å². The van der Waals surface area contributed by atoms with Gasteiger partial charge in [0.25, 0.3) is 5.91 Å². The van der Waals surface area contributed by atoms with Crippen molar-refractivity contribution in [3.8, 4) is 0 Å². The molecular formula is C14H19F3N2O. The van der Waals surface area contributed by atoms with Crippen molar-refractivity contribution in [3.63, 3.8) is 0 Å². The van der Waals surface area contributed by atoms with Crippen LogP contribution in [0.15, 0.2) is 24.3 Å². The lowest BCUT2D eigenvalue weighted by molar-refractivity contribution is -0.137. The van der Waals surface area contributed by atoms with Crippen LogP contribution in [0.25, 0.3) is 0 Å². The van der Waals surface area contributed by atoms with Crippen LogP contribution in [0.1, 0.15) is 29.8 Å². The fourth-order valence-corrected chi connectivity index (χ4v) is 1.80. The van der Waals surface area contributed by atoms with Crippen molar-refractivity contribution >= 4 is 5.91 Å². The van der Waals surface area contributed by atoms with Crippen molar-refractivity contribution in [2.45, 2.75) is 20.0 Å². The van der Waals surface area contributed by atoms with Gasteiger partial charge in [-0.25, -0.2) is 0 Å². The zero-order valence-corrected chi connectivity index (χ0v) is 11.8. The van der Waals surface area contributed by atoms with Crippen LogP contribution in [-0.4, -0.2) is 30.9 Å². The minimum absolute atomic E-state index is 0.230. The Bertz CT molecular complexity index is 466. The predicted molar refractivity (Wildman–Crippen MR) is 71.2 cm³/mol. The van der Waals surface area contributed by atoms with Gasteiger partial charge < -0.3 is 10.6 Å². The number of carbonyl (C=O) groups excluding carboxylic acids is 1. The predicted octanol–water partition coefficient (Wildman–Crippen LogP) is 2.76. The summed E-state index contributed by atoms with van der Waals surface area (Å²) in [5.41, 5.74) is 4.82. The molecule has 0 fully saturated rings. The molecule has 1 amide bonds. The van der Waals surface area contributed by atoms with Crippen molar-refractivity contribution in [1.29, 1.82) is 0 Å². The fourth-order valence-electron chi connectivity index (χ4n) is 1.80. The molecule has 1 aromatic rings. The quantitative estimate of drug-likeness (QED) is 0.926. The van der Waals surface area contributed by atoms with Crippen LogP contribution in [0.4, 0.5) is 13.2 Å². The van der Waals surface area contributed by atoms with Gasteiger partial charge in [-0.3, -0.25) is 4.79 Å². The first-order chi connectivity index (χ1) is 9.07. The number of rotatable bonds is 4. The van der Waals surface area contributed by atoms with Crippen molar-refractivity contribution in [2.75, 3.05) is 20.1 Å². The molecule has 112 valence electrons. The standard InChI is InChI=1S/C14H19F3N2O/c1-13(2,8-18)9-19(3)12(20)10-4-6-11(7-5-10)14(15,16)17/h4-7H,8-9,18H2,1-3H3. The molecular weight excluding hydrogens is 269 g/mol. The Morgan fingerprint density at radius 2 is 1.70 bits per heavy atom. The van der Waals surface area contributed by atoms with Crippen LogP contribution in [-0.2, 0) is 6.18 Å². The average molecular weight is 288 g/mol. The summed E-state index contributed by atoms with van der Waals surface area (Å²) in [6.45, 7) is 4.69. The van der Waals surface area contributed by atoms with E-state index < -0.39 is 11.7 Å². The summed E-state index contributed by atoms with van der Waals surface area (Å²) in [7, 11) is 1.61. The van der Waals surface area contributed by atoms with Gasteiger partial charge in [-0.2, -0.15) is 13.2 Å². The van der Waals surface area contributed by atoms with E-state index in [0.29, 0.717) is 13.1 Å². The second-order valence-electron chi connectivity index (χ2n) is 5.60.